The first-order chi connectivity index (χ1) is 12.4. The maximum Gasteiger partial charge on any atom is 0.310 e. The number of ketones is 1. The number of ether oxygens (including phenoxy) is 1. The van der Waals surface area contributed by atoms with Crippen molar-refractivity contribution in [3.63, 3.8) is 0 Å². The van der Waals surface area contributed by atoms with Gasteiger partial charge < -0.3 is 9.15 Å². The summed E-state index contributed by atoms with van der Waals surface area (Å²) in [4.78, 5) is 23.9. The van der Waals surface area contributed by atoms with E-state index in [4.69, 9.17) is 9.15 Å². The zero-order valence-corrected chi connectivity index (χ0v) is 14.3. The predicted octanol–water partition coefficient (Wildman–Crippen LogP) is 4.30. The van der Waals surface area contributed by atoms with E-state index in [-0.39, 0.29) is 12.0 Å². The Morgan fingerprint density at radius 3 is 2.58 bits per heavy atom. The largest absolute Gasteiger partial charge is 0.464 e. The first kappa shape index (κ1) is 17.8. The molecule has 0 saturated carbocycles. The second-order valence-electron chi connectivity index (χ2n) is 6.03. The molecule has 1 heterocycles. The van der Waals surface area contributed by atoms with Gasteiger partial charge in [0.05, 0.1) is 12.7 Å². The van der Waals surface area contributed by atoms with Crippen molar-refractivity contribution in [3.8, 4) is 0 Å². The van der Waals surface area contributed by atoms with Gasteiger partial charge in [-0.25, -0.2) is 8.78 Å². The van der Waals surface area contributed by atoms with Crippen LogP contribution in [0.3, 0.4) is 0 Å². The van der Waals surface area contributed by atoms with Crippen LogP contribution in [0.4, 0.5) is 8.78 Å². The summed E-state index contributed by atoms with van der Waals surface area (Å²) in [5.41, 5.74) is 3.39. The molecule has 0 amide bonds. The van der Waals surface area contributed by atoms with Crippen molar-refractivity contribution in [3.05, 3.63) is 70.5 Å². The SMILES string of the molecule is Cc1ccc2c(CC(=O)OCC(=O)c3ccc(F)c(F)c3)coc2c1C. The molecule has 26 heavy (non-hydrogen) atoms. The summed E-state index contributed by atoms with van der Waals surface area (Å²) in [6.45, 7) is 3.36. The summed E-state index contributed by atoms with van der Waals surface area (Å²) in [6.07, 6.45) is 1.44. The summed E-state index contributed by atoms with van der Waals surface area (Å²) < 4.78 is 36.5. The highest BCUT2D eigenvalue weighted by atomic mass is 19.2. The third-order valence-electron chi connectivity index (χ3n) is 4.28. The number of furan rings is 1. The lowest BCUT2D eigenvalue weighted by molar-refractivity contribution is -0.141. The van der Waals surface area contributed by atoms with E-state index in [1.54, 1.807) is 0 Å². The average molecular weight is 358 g/mol. The maximum absolute atomic E-state index is 13.2. The van der Waals surface area contributed by atoms with Crippen LogP contribution in [0.25, 0.3) is 11.0 Å². The van der Waals surface area contributed by atoms with Crippen LogP contribution in [0.15, 0.2) is 41.0 Å². The lowest BCUT2D eigenvalue weighted by atomic mass is 10.0. The molecule has 4 nitrogen and oxygen atoms in total. The molecular formula is C20H16F2O4. The van der Waals surface area contributed by atoms with Gasteiger partial charge in [0, 0.05) is 16.5 Å². The molecule has 1 aromatic heterocycles. The number of hydrogen-bond donors (Lipinski definition) is 0. The van der Waals surface area contributed by atoms with Crippen molar-refractivity contribution >= 4 is 22.7 Å². The monoisotopic (exact) mass is 358 g/mol. The summed E-state index contributed by atoms with van der Waals surface area (Å²) >= 11 is 0. The van der Waals surface area contributed by atoms with E-state index >= 15 is 0 Å². The van der Waals surface area contributed by atoms with Gasteiger partial charge in [0.1, 0.15) is 5.58 Å². The minimum atomic E-state index is -1.13. The number of carbonyl (C=O) groups is 2. The van der Waals surface area contributed by atoms with Crippen LogP contribution in [0.1, 0.15) is 27.0 Å². The van der Waals surface area contributed by atoms with Crippen LogP contribution in [-0.4, -0.2) is 18.4 Å². The molecule has 0 bridgehead atoms. The number of esters is 1. The van der Waals surface area contributed by atoms with Crippen LogP contribution in [0, 0.1) is 25.5 Å². The topological polar surface area (TPSA) is 56.5 Å². The zero-order valence-electron chi connectivity index (χ0n) is 14.3. The van der Waals surface area contributed by atoms with Crippen LogP contribution in [0.5, 0.6) is 0 Å². The van der Waals surface area contributed by atoms with Gasteiger partial charge >= 0.3 is 5.97 Å². The fraction of sp³-hybridized carbons (Fsp3) is 0.200. The molecule has 0 N–H and O–H groups in total. The van der Waals surface area contributed by atoms with Crippen LogP contribution in [0.2, 0.25) is 0 Å². The number of aryl methyl sites for hydroxylation is 2. The Balaban J connectivity index is 1.65. The van der Waals surface area contributed by atoms with Gasteiger partial charge in [0.2, 0.25) is 0 Å². The van der Waals surface area contributed by atoms with Crippen molar-refractivity contribution in [2.75, 3.05) is 6.61 Å². The Morgan fingerprint density at radius 2 is 1.85 bits per heavy atom. The second-order valence-corrected chi connectivity index (χ2v) is 6.03. The number of rotatable bonds is 5. The van der Waals surface area contributed by atoms with E-state index in [2.05, 4.69) is 0 Å². The number of fused-ring (bicyclic) bond motifs is 1. The summed E-state index contributed by atoms with van der Waals surface area (Å²) in [5.74, 6) is -3.39. The van der Waals surface area contributed by atoms with Gasteiger partial charge in [-0.05, 0) is 43.2 Å². The minimum absolute atomic E-state index is 0.0550. The first-order valence-corrected chi connectivity index (χ1v) is 7.97. The van der Waals surface area contributed by atoms with Gasteiger partial charge in [0.25, 0.3) is 0 Å². The van der Waals surface area contributed by atoms with Crippen molar-refractivity contribution in [1.29, 1.82) is 0 Å². The number of halogens is 2. The van der Waals surface area contributed by atoms with E-state index in [0.29, 0.717) is 11.1 Å². The lowest BCUT2D eigenvalue weighted by Gasteiger charge is -2.05. The highest BCUT2D eigenvalue weighted by Gasteiger charge is 2.16. The molecule has 0 spiro atoms. The smallest absolute Gasteiger partial charge is 0.310 e. The minimum Gasteiger partial charge on any atom is -0.464 e. The maximum atomic E-state index is 13.2. The molecule has 3 aromatic rings. The molecule has 2 aromatic carbocycles. The lowest BCUT2D eigenvalue weighted by Crippen LogP contribution is -2.15. The fourth-order valence-corrected chi connectivity index (χ4v) is 2.63. The molecule has 0 aliphatic rings. The molecule has 134 valence electrons. The van der Waals surface area contributed by atoms with E-state index in [0.717, 1.165) is 34.7 Å². The summed E-state index contributed by atoms with van der Waals surface area (Å²) in [6, 6.07) is 6.58. The molecule has 0 radical (unpaired) electrons. The predicted molar refractivity (Wildman–Crippen MR) is 91.0 cm³/mol. The molecule has 0 saturated heterocycles. The molecule has 3 rings (SSSR count). The third kappa shape index (κ3) is 3.49. The summed E-state index contributed by atoms with van der Waals surface area (Å²) in [7, 11) is 0. The second kappa shape index (κ2) is 7.07. The van der Waals surface area contributed by atoms with E-state index in [1.807, 2.05) is 26.0 Å². The van der Waals surface area contributed by atoms with Crippen molar-refractivity contribution < 1.29 is 27.5 Å². The van der Waals surface area contributed by atoms with Crippen LogP contribution in [-0.2, 0) is 16.0 Å². The molecule has 0 unspecified atom stereocenters. The normalized spacial score (nSPS) is 10.9. The molecule has 0 atom stereocenters. The Bertz CT molecular complexity index is 1000. The Hall–Kier alpha value is -3.02. The van der Waals surface area contributed by atoms with Crippen molar-refractivity contribution in [2.24, 2.45) is 0 Å². The Morgan fingerprint density at radius 1 is 1.08 bits per heavy atom. The molecular weight excluding hydrogens is 342 g/mol. The van der Waals surface area contributed by atoms with Gasteiger partial charge in [-0.1, -0.05) is 12.1 Å². The fourth-order valence-electron chi connectivity index (χ4n) is 2.63. The molecule has 0 aliphatic carbocycles. The summed E-state index contributed by atoms with van der Waals surface area (Å²) in [5, 5.41) is 0.817. The van der Waals surface area contributed by atoms with Crippen molar-refractivity contribution in [1.82, 2.24) is 0 Å². The molecule has 6 heteroatoms. The van der Waals surface area contributed by atoms with E-state index in [9.17, 15) is 18.4 Å². The number of Topliss-reactive ketones (excluding diaryl/α,β-unsaturated/α-hetero) is 1. The average Bonchev–Trinajstić information content (AvgIpc) is 3.02. The molecule has 0 fully saturated rings. The standard InChI is InChI=1S/C20H16F2O4/c1-11-3-5-15-14(9-26-20(15)12(11)2)8-19(24)25-10-18(23)13-4-6-16(21)17(22)7-13/h3-7,9H,8,10H2,1-2H3. The van der Waals surface area contributed by atoms with Gasteiger partial charge in [-0.3, -0.25) is 9.59 Å². The van der Waals surface area contributed by atoms with Gasteiger partial charge in [0.15, 0.2) is 24.0 Å². The van der Waals surface area contributed by atoms with E-state index < -0.39 is 30.0 Å². The Kier molecular flexibility index (Phi) is 4.84. The Labute approximate surface area is 148 Å². The number of hydrogen-bond acceptors (Lipinski definition) is 4. The number of benzene rings is 2. The third-order valence-corrected chi connectivity index (χ3v) is 4.28. The van der Waals surface area contributed by atoms with Crippen LogP contribution < -0.4 is 0 Å². The van der Waals surface area contributed by atoms with Crippen LogP contribution >= 0.6 is 0 Å². The highest BCUT2D eigenvalue weighted by Crippen LogP contribution is 2.26. The number of carbonyl (C=O) groups excluding carboxylic acids is 2. The van der Waals surface area contributed by atoms with Crippen molar-refractivity contribution in [2.45, 2.75) is 20.3 Å². The van der Waals surface area contributed by atoms with Gasteiger partial charge in [-0.2, -0.15) is 0 Å². The quantitative estimate of drug-likeness (QED) is 0.504. The van der Waals surface area contributed by atoms with Gasteiger partial charge in [-0.15, -0.1) is 0 Å². The first-order valence-electron chi connectivity index (χ1n) is 7.97. The molecule has 0 aliphatic heterocycles. The highest BCUT2D eigenvalue weighted by molar-refractivity contribution is 5.98. The van der Waals surface area contributed by atoms with E-state index in [1.165, 1.54) is 6.26 Å². The zero-order chi connectivity index (χ0) is 18.8.